The molecule has 1 aliphatic rings. The van der Waals surface area contributed by atoms with Crippen LogP contribution in [0.4, 0.5) is 0 Å². The van der Waals surface area contributed by atoms with E-state index in [1.807, 2.05) is 13.8 Å². The number of nitrogens with zero attached hydrogens (tertiary/aromatic N) is 3. The van der Waals surface area contributed by atoms with Gasteiger partial charge in [0.05, 0.1) is 16.8 Å². The van der Waals surface area contributed by atoms with Crippen LogP contribution in [-0.4, -0.2) is 58.5 Å². The highest BCUT2D eigenvalue weighted by Crippen LogP contribution is 2.36. The minimum Gasteiger partial charge on any atom is -0.338 e. The molecule has 6 nitrogen and oxygen atoms in total. The van der Waals surface area contributed by atoms with E-state index in [-0.39, 0.29) is 28.7 Å². The summed E-state index contributed by atoms with van der Waals surface area (Å²) in [4.78, 5) is 25.6. The molecule has 9 heteroatoms. The number of hydrogen-bond acceptors (Lipinski definition) is 7. The van der Waals surface area contributed by atoms with Crippen molar-refractivity contribution in [3.63, 3.8) is 0 Å². The summed E-state index contributed by atoms with van der Waals surface area (Å²) >= 11 is 3.06. The molecule has 2 aromatic heterocycles. The van der Waals surface area contributed by atoms with Crippen molar-refractivity contribution in [2.24, 2.45) is 0 Å². The zero-order valence-electron chi connectivity index (χ0n) is 15.4. The van der Waals surface area contributed by atoms with Gasteiger partial charge in [0.1, 0.15) is 16.2 Å². The Hall–Kier alpha value is -1.19. The smallest absolute Gasteiger partial charge is 0.236 e. The maximum absolute atomic E-state index is 13.0. The Morgan fingerprint density at radius 2 is 2.15 bits per heavy atom. The molecule has 0 bridgehead atoms. The second-order valence-corrected chi connectivity index (χ2v) is 11.3. The summed E-state index contributed by atoms with van der Waals surface area (Å²) in [6.07, 6.45) is 2.07. The van der Waals surface area contributed by atoms with Gasteiger partial charge >= 0.3 is 0 Å². The van der Waals surface area contributed by atoms with E-state index in [0.29, 0.717) is 13.0 Å². The minimum absolute atomic E-state index is 0.0315. The predicted octanol–water partition coefficient (Wildman–Crippen LogP) is 2.82. The predicted molar refractivity (Wildman–Crippen MR) is 107 cm³/mol. The summed E-state index contributed by atoms with van der Waals surface area (Å²) in [6, 6.07) is -0.212. The van der Waals surface area contributed by atoms with Gasteiger partial charge in [-0.15, -0.1) is 11.3 Å². The highest BCUT2D eigenvalue weighted by atomic mass is 32.2. The highest BCUT2D eigenvalue weighted by molar-refractivity contribution is 8.00. The molecular formula is C17H23N3O3S3. The maximum atomic E-state index is 13.0. The van der Waals surface area contributed by atoms with Crippen LogP contribution < -0.4 is 0 Å². The number of fused-ring (bicyclic) bond motifs is 1. The third-order valence-electron chi connectivity index (χ3n) is 4.84. The van der Waals surface area contributed by atoms with Crippen LogP contribution in [0.5, 0.6) is 0 Å². The normalized spacial score (nSPS) is 20.4. The van der Waals surface area contributed by atoms with Crippen molar-refractivity contribution in [1.29, 1.82) is 0 Å². The summed E-state index contributed by atoms with van der Waals surface area (Å²) in [5.74, 6) is 0.212. The molecule has 0 spiro atoms. The average Bonchev–Trinajstić information content (AvgIpc) is 3.08. The van der Waals surface area contributed by atoms with Gasteiger partial charge < -0.3 is 4.90 Å². The van der Waals surface area contributed by atoms with Gasteiger partial charge in [-0.05, 0) is 39.7 Å². The number of carbonyl (C=O) groups excluding carboxylic acids is 1. The van der Waals surface area contributed by atoms with Gasteiger partial charge in [0.25, 0.3) is 0 Å². The fourth-order valence-electron chi connectivity index (χ4n) is 3.31. The summed E-state index contributed by atoms with van der Waals surface area (Å²) < 4.78 is 23.5. The van der Waals surface area contributed by atoms with Crippen LogP contribution >= 0.6 is 23.1 Å². The molecule has 1 fully saturated rings. The molecule has 26 heavy (non-hydrogen) atoms. The van der Waals surface area contributed by atoms with E-state index >= 15 is 0 Å². The Bertz CT molecular complexity index is 939. The number of aromatic nitrogens is 2. The second kappa shape index (κ2) is 7.44. The van der Waals surface area contributed by atoms with Crippen LogP contribution in [0.25, 0.3) is 10.2 Å². The van der Waals surface area contributed by atoms with Crippen LogP contribution in [0.2, 0.25) is 0 Å². The quantitative estimate of drug-likeness (QED) is 0.554. The molecule has 0 radical (unpaired) electrons. The second-order valence-electron chi connectivity index (χ2n) is 6.58. The fourth-order valence-corrected chi connectivity index (χ4v) is 7.14. The third kappa shape index (κ3) is 3.75. The molecule has 0 aliphatic carbocycles. The zero-order valence-corrected chi connectivity index (χ0v) is 17.8. The van der Waals surface area contributed by atoms with Crippen LogP contribution in [0, 0.1) is 13.8 Å². The molecule has 2 atom stereocenters. The highest BCUT2D eigenvalue weighted by Gasteiger charge is 2.35. The van der Waals surface area contributed by atoms with Crippen LogP contribution in [0.1, 0.15) is 30.7 Å². The summed E-state index contributed by atoms with van der Waals surface area (Å²) in [5.41, 5.74) is 1.15. The summed E-state index contributed by atoms with van der Waals surface area (Å²) in [5, 5.41) is 1.50. The summed E-state index contributed by atoms with van der Waals surface area (Å²) in [6.45, 7) is 8.39. The van der Waals surface area contributed by atoms with E-state index in [2.05, 4.69) is 23.8 Å². The lowest BCUT2D eigenvalue weighted by Gasteiger charge is -2.29. The van der Waals surface area contributed by atoms with Crippen molar-refractivity contribution < 1.29 is 13.2 Å². The molecule has 1 aliphatic heterocycles. The Balaban J connectivity index is 1.81. The van der Waals surface area contributed by atoms with Crippen LogP contribution in [-0.2, 0) is 14.6 Å². The largest absolute Gasteiger partial charge is 0.338 e. The molecule has 3 rings (SSSR count). The van der Waals surface area contributed by atoms with Crippen molar-refractivity contribution >= 4 is 49.1 Å². The van der Waals surface area contributed by atoms with Crippen LogP contribution in [0.3, 0.4) is 0 Å². The van der Waals surface area contributed by atoms with E-state index in [9.17, 15) is 13.2 Å². The van der Waals surface area contributed by atoms with Crippen LogP contribution in [0.15, 0.2) is 11.4 Å². The molecule has 3 heterocycles. The Morgan fingerprint density at radius 1 is 1.42 bits per heavy atom. The van der Waals surface area contributed by atoms with Crippen molar-refractivity contribution in [3.05, 3.63) is 16.8 Å². The van der Waals surface area contributed by atoms with Gasteiger partial charge in [0.15, 0.2) is 9.84 Å². The van der Waals surface area contributed by atoms with Gasteiger partial charge in [0, 0.05) is 22.8 Å². The lowest BCUT2D eigenvalue weighted by atomic mass is 10.2. The fraction of sp³-hybridized carbons (Fsp3) is 0.588. The summed E-state index contributed by atoms with van der Waals surface area (Å²) in [7, 11) is -3.02. The van der Waals surface area contributed by atoms with Gasteiger partial charge in [-0.3, -0.25) is 4.79 Å². The Morgan fingerprint density at radius 3 is 2.77 bits per heavy atom. The van der Waals surface area contributed by atoms with E-state index in [0.717, 1.165) is 20.8 Å². The van der Waals surface area contributed by atoms with Gasteiger partial charge in [-0.25, -0.2) is 18.4 Å². The lowest BCUT2D eigenvalue weighted by molar-refractivity contribution is -0.131. The third-order valence-corrected chi connectivity index (χ3v) is 8.79. The number of carbonyl (C=O) groups is 1. The number of thiophene rings is 1. The van der Waals surface area contributed by atoms with E-state index in [1.165, 1.54) is 16.6 Å². The van der Waals surface area contributed by atoms with Crippen molar-refractivity contribution in [2.45, 2.75) is 50.4 Å². The number of hydrogen-bond donors (Lipinski definition) is 0. The van der Waals surface area contributed by atoms with Crippen molar-refractivity contribution in [1.82, 2.24) is 14.9 Å². The topological polar surface area (TPSA) is 80.2 Å². The Labute approximate surface area is 162 Å². The maximum Gasteiger partial charge on any atom is 0.236 e. The number of thioether (sulfide) groups is 1. The van der Waals surface area contributed by atoms with Gasteiger partial charge in [-0.2, -0.15) is 0 Å². The first-order chi connectivity index (χ1) is 12.2. The molecule has 0 N–H and O–H groups in total. The monoisotopic (exact) mass is 413 g/mol. The number of sulfone groups is 1. The Kier molecular flexibility index (Phi) is 5.60. The number of amides is 1. The zero-order chi connectivity index (χ0) is 19.1. The molecular weight excluding hydrogens is 390 g/mol. The molecule has 1 amide bonds. The first-order valence-corrected chi connectivity index (χ1v) is 12.1. The van der Waals surface area contributed by atoms with Crippen molar-refractivity contribution in [3.8, 4) is 0 Å². The lowest BCUT2D eigenvalue weighted by Crippen LogP contribution is -2.44. The average molecular weight is 414 g/mol. The van der Waals surface area contributed by atoms with E-state index < -0.39 is 9.84 Å². The minimum atomic E-state index is -3.02. The molecule has 1 saturated heterocycles. The molecule has 0 saturated carbocycles. The van der Waals surface area contributed by atoms with Gasteiger partial charge in [-0.1, -0.05) is 11.8 Å². The molecule has 0 unspecified atom stereocenters. The van der Waals surface area contributed by atoms with E-state index in [1.54, 1.807) is 22.6 Å². The number of rotatable bonds is 5. The molecule has 142 valence electrons. The first kappa shape index (κ1) is 19.6. The van der Waals surface area contributed by atoms with Gasteiger partial charge in [0.2, 0.25) is 5.91 Å². The number of aryl methyl sites for hydroxylation is 2. The SMILES string of the molecule is CCN(C(=O)[C@@H](C)Sc1ncnc2sc(C)c(C)c12)[C@H]1CCS(=O)(=O)C1. The standard InChI is InChI=1S/C17H23N3O3S3/c1-5-20(13-6-7-26(22,23)8-13)17(21)12(4)25-16-14-10(2)11(3)24-15(14)18-9-19-16/h9,12-13H,5-8H2,1-4H3/t12-,13+/m1/s1. The van der Waals surface area contributed by atoms with E-state index in [4.69, 9.17) is 0 Å². The first-order valence-electron chi connectivity index (χ1n) is 8.61. The molecule has 2 aromatic rings. The molecule has 0 aromatic carbocycles. The van der Waals surface area contributed by atoms with Crippen molar-refractivity contribution in [2.75, 3.05) is 18.1 Å².